The number of nitrogens with zero attached hydrogens (tertiary/aromatic N) is 2. The molecule has 1 aliphatic carbocycles. The molecule has 0 amide bonds. The third kappa shape index (κ3) is 1.69. The molecular weight excluding hydrogens is 238 g/mol. The van der Waals surface area contributed by atoms with Gasteiger partial charge < -0.3 is 5.73 Å². The number of rotatable bonds is 1. The second kappa shape index (κ2) is 3.91. The van der Waals surface area contributed by atoms with Crippen molar-refractivity contribution in [3.05, 3.63) is 21.6 Å². The smallest absolute Gasteiger partial charge is 0.152 e. The predicted molar refractivity (Wildman–Crippen MR) is 67.8 cm³/mol. The van der Waals surface area contributed by atoms with Crippen LogP contribution in [-0.2, 0) is 6.42 Å². The van der Waals surface area contributed by atoms with Crippen molar-refractivity contribution in [2.24, 2.45) is 5.73 Å². The van der Waals surface area contributed by atoms with Crippen LogP contribution in [0.5, 0.6) is 0 Å². The van der Waals surface area contributed by atoms with Gasteiger partial charge in [0.1, 0.15) is 0 Å². The molecule has 2 aromatic heterocycles. The van der Waals surface area contributed by atoms with E-state index in [1.165, 1.54) is 10.6 Å². The number of nitrogens with two attached hydrogens (primary N) is 1. The summed E-state index contributed by atoms with van der Waals surface area (Å²) < 4.78 is 0. The summed E-state index contributed by atoms with van der Waals surface area (Å²) in [5, 5.41) is 4.14. The van der Waals surface area contributed by atoms with Gasteiger partial charge in [-0.15, -0.1) is 22.7 Å². The lowest BCUT2D eigenvalue weighted by atomic mass is 9.99. The van der Waals surface area contributed by atoms with Crippen molar-refractivity contribution in [2.45, 2.75) is 32.2 Å². The summed E-state index contributed by atoms with van der Waals surface area (Å²) in [6.45, 7) is 2.01. The number of aromatic nitrogens is 2. The Balaban J connectivity index is 2.04. The van der Waals surface area contributed by atoms with Crippen molar-refractivity contribution in [2.75, 3.05) is 0 Å². The molecule has 2 N–H and O–H groups in total. The molecule has 0 aliphatic heterocycles. The van der Waals surface area contributed by atoms with Gasteiger partial charge in [0, 0.05) is 22.0 Å². The first kappa shape index (κ1) is 10.4. The molecule has 2 aromatic rings. The quantitative estimate of drug-likeness (QED) is 0.848. The van der Waals surface area contributed by atoms with Gasteiger partial charge in [-0.05, 0) is 26.2 Å². The molecule has 3 rings (SSSR count). The van der Waals surface area contributed by atoms with E-state index >= 15 is 0 Å². The van der Waals surface area contributed by atoms with Crippen molar-refractivity contribution in [1.82, 2.24) is 9.97 Å². The molecule has 0 saturated carbocycles. The zero-order valence-electron chi connectivity index (χ0n) is 9.06. The number of hydrogen-bond acceptors (Lipinski definition) is 5. The Labute approximate surface area is 102 Å². The molecule has 84 valence electrons. The molecule has 1 atom stereocenters. The summed E-state index contributed by atoms with van der Waals surface area (Å²) in [5.41, 5.74) is 8.36. The van der Waals surface area contributed by atoms with Gasteiger partial charge in [-0.25, -0.2) is 9.97 Å². The minimum absolute atomic E-state index is 0.191. The third-order valence-corrected chi connectivity index (χ3v) is 5.13. The zero-order chi connectivity index (χ0) is 11.1. The maximum Gasteiger partial charge on any atom is 0.152 e. The zero-order valence-corrected chi connectivity index (χ0v) is 10.7. The second-order valence-corrected chi connectivity index (χ2v) is 6.01. The summed E-state index contributed by atoms with van der Waals surface area (Å²) in [6.07, 6.45) is 3.32. The van der Waals surface area contributed by atoms with Crippen molar-refractivity contribution in [1.29, 1.82) is 0 Å². The Morgan fingerprint density at radius 2 is 2.25 bits per heavy atom. The van der Waals surface area contributed by atoms with E-state index in [-0.39, 0.29) is 6.04 Å². The highest BCUT2D eigenvalue weighted by atomic mass is 32.1. The van der Waals surface area contributed by atoms with Crippen LogP contribution in [0.1, 0.15) is 35.1 Å². The first-order valence-electron chi connectivity index (χ1n) is 5.41. The normalized spacial score (nSPS) is 19.8. The summed E-state index contributed by atoms with van der Waals surface area (Å²) in [7, 11) is 0. The van der Waals surface area contributed by atoms with E-state index in [1.807, 2.05) is 6.92 Å². The first-order valence-corrected chi connectivity index (χ1v) is 7.11. The minimum atomic E-state index is 0.191. The van der Waals surface area contributed by atoms with Crippen molar-refractivity contribution < 1.29 is 0 Å². The molecule has 2 heterocycles. The van der Waals surface area contributed by atoms with Gasteiger partial charge in [0.2, 0.25) is 0 Å². The van der Waals surface area contributed by atoms with E-state index in [1.54, 1.807) is 22.7 Å². The Kier molecular flexibility index (Phi) is 2.53. The summed E-state index contributed by atoms with van der Waals surface area (Å²) in [4.78, 5) is 10.4. The Bertz CT molecular complexity index is 515. The fourth-order valence-electron chi connectivity index (χ4n) is 2.00. The van der Waals surface area contributed by atoms with Crippen LogP contribution in [0.2, 0.25) is 0 Å². The third-order valence-electron chi connectivity index (χ3n) is 2.80. The van der Waals surface area contributed by atoms with Crippen molar-refractivity contribution in [3.63, 3.8) is 0 Å². The Morgan fingerprint density at radius 3 is 2.94 bits per heavy atom. The van der Waals surface area contributed by atoms with Gasteiger partial charge in [0.05, 0.1) is 5.69 Å². The van der Waals surface area contributed by atoms with Crippen molar-refractivity contribution in [3.8, 4) is 10.0 Å². The van der Waals surface area contributed by atoms with Crippen LogP contribution in [0, 0.1) is 6.92 Å². The van der Waals surface area contributed by atoms with Crippen molar-refractivity contribution >= 4 is 22.7 Å². The Hall–Kier alpha value is -0.780. The average Bonchev–Trinajstić information content (AvgIpc) is 2.84. The highest BCUT2D eigenvalue weighted by Gasteiger charge is 2.22. The van der Waals surface area contributed by atoms with Gasteiger partial charge in [-0.3, -0.25) is 0 Å². The maximum atomic E-state index is 6.10. The van der Waals surface area contributed by atoms with E-state index in [9.17, 15) is 0 Å². The molecule has 0 aromatic carbocycles. The minimum Gasteiger partial charge on any atom is -0.323 e. The van der Waals surface area contributed by atoms with Crippen LogP contribution in [0.25, 0.3) is 10.0 Å². The molecular formula is C11H13N3S2. The molecule has 0 bridgehead atoms. The lowest BCUT2D eigenvalue weighted by Gasteiger charge is -2.15. The highest BCUT2D eigenvalue weighted by molar-refractivity contribution is 7.20. The van der Waals surface area contributed by atoms with E-state index in [2.05, 4.69) is 15.3 Å². The molecule has 3 nitrogen and oxygen atoms in total. The molecule has 0 fully saturated rings. The van der Waals surface area contributed by atoms with Crippen LogP contribution < -0.4 is 5.73 Å². The van der Waals surface area contributed by atoms with E-state index in [0.717, 1.165) is 35.0 Å². The number of aryl methyl sites for hydroxylation is 2. The Morgan fingerprint density at radius 1 is 1.38 bits per heavy atom. The molecule has 1 unspecified atom stereocenters. The van der Waals surface area contributed by atoms with E-state index in [4.69, 9.17) is 5.73 Å². The highest BCUT2D eigenvalue weighted by Crippen LogP contribution is 2.37. The van der Waals surface area contributed by atoms with Crippen LogP contribution in [0.4, 0.5) is 0 Å². The maximum absolute atomic E-state index is 6.10. The summed E-state index contributed by atoms with van der Waals surface area (Å²) in [6, 6.07) is 0.191. The molecule has 0 radical (unpaired) electrons. The molecule has 5 heteroatoms. The lowest BCUT2D eigenvalue weighted by molar-refractivity contribution is 0.573. The topological polar surface area (TPSA) is 51.8 Å². The van der Waals surface area contributed by atoms with Gasteiger partial charge in [-0.2, -0.15) is 0 Å². The van der Waals surface area contributed by atoms with E-state index in [0.29, 0.717) is 0 Å². The van der Waals surface area contributed by atoms with E-state index < -0.39 is 0 Å². The fraction of sp³-hybridized carbons (Fsp3) is 0.455. The van der Waals surface area contributed by atoms with Crippen LogP contribution >= 0.6 is 22.7 Å². The first-order chi connectivity index (χ1) is 7.74. The van der Waals surface area contributed by atoms with Gasteiger partial charge in [0.25, 0.3) is 0 Å². The molecule has 16 heavy (non-hydrogen) atoms. The standard InChI is InChI=1S/C11H13N3S2/c1-6-5-15-10(13-6)11-14-8-4-2-3-7(12)9(8)16-11/h5,7H,2-4,12H2,1H3. The monoisotopic (exact) mass is 251 g/mol. The van der Waals surface area contributed by atoms with Gasteiger partial charge in [0.15, 0.2) is 10.0 Å². The summed E-state index contributed by atoms with van der Waals surface area (Å²) >= 11 is 3.38. The van der Waals surface area contributed by atoms with Crippen LogP contribution in [-0.4, -0.2) is 9.97 Å². The fourth-order valence-corrected chi connectivity index (χ4v) is 3.98. The number of hydrogen-bond donors (Lipinski definition) is 1. The summed E-state index contributed by atoms with van der Waals surface area (Å²) in [5.74, 6) is 0. The molecule has 0 saturated heterocycles. The largest absolute Gasteiger partial charge is 0.323 e. The number of fused-ring (bicyclic) bond motifs is 1. The second-order valence-electron chi connectivity index (χ2n) is 4.12. The predicted octanol–water partition coefficient (Wildman–Crippen LogP) is 2.91. The van der Waals surface area contributed by atoms with Crippen LogP contribution in [0.15, 0.2) is 5.38 Å². The SMILES string of the molecule is Cc1csc(-c2nc3c(s2)C(N)CCC3)n1. The van der Waals surface area contributed by atoms with Gasteiger partial charge in [-0.1, -0.05) is 0 Å². The number of thiazole rings is 2. The molecule has 0 spiro atoms. The average molecular weight is 251 g/mol. The lowest BCUT2D eigenvalue weighted by Crippen LogP contribution is -2.15. The van der Waals surface area contributed by atoms with Gasteiger partial charge >= 0.3 is 0 Å². The van der Waals surface area contributed by atoms with Crippen LogP contribution in [0.3, 0.4) is 0 Å². The molecule has 1 aliphatic rings.